The highest BCUT2D eigenvalue weighted by molar-refractivity contribution is 5.76. The molecule has 0 saturated carbocycles. The highest BCUT2D eigenvalue weighted by Gasteiger charge is 2.37. The van der Waals surface area contributed by atoms with Gasteiger partial charge in [0.1, 0.15) is 5.75 Å². The zero-order valence-corrected chi connectivity index (χ0v) is 12.3. The first-order chi connectivity index (χ1) is 10.2. The smallest absolute Gasteiger partial charge is 0.223 e. The molecule has 0 radical (unpaired) electrons. The van der Waals surface area contributed by atoms with Gasteiger partial charge in [0, 0.05) is 24.3 Å². The van der Waals surface area contributed by atoms with Crippen LogP contribution in [0, 0.1) is 0 Å². The molecule has 2 fully saturated rings. The Bertz CT molecular complexity index is 489. The molecule has 114 valence electrons. The average Bonchev–Trinajstić information content (AvgIpc) is 3.06. The molecule has 0 aliphatic carbocycles. The van der Waals surface area contributed by atoms with Crippen molar-refractivity contribution in [2.45, 2.75) is 37.8 Å². The Morgan fingerprint density at radius 2 is 2.10 bits per heavy atom. The molecule has 3 N–H and O–H groups in total. The summed E-state index contributed by atoms with van der Waals surface area (Å²) in [4.78, 5) is 14.5. The fraction of sp³-hybridized carbons (Fsp3) is 0.562. The van der Waals surface area contributed by atoms with Crippen molar-refractivity contribution in [1.82, 2.24) is 10.2 Å². The van der Waals surface area contributed by atoms with Crippen molar-refractivity contribution in [3.05, 3.63) is 24.3 Å². The number of fused-ring (bicyclic) bond motifs is 1. The minimum Gasteiger partial charge on any atom is -0.493 e. The van der Waals surface area contributed by atoms with Crippen molar-refractivity contribution >= 4 is 11.6 Å². The second-order valence-corrected chi connectivity index (χ2v) is 5.88. The van der Waals surface area contributed by atoms with Gasteiger partial charge in [-0.25, -0.2) is 0 Å². The van der Waals surface area contributed by atoms with Gasteiger partial charge in [-0.3, -0.25) is 9.69 Å². The van der Waals surface area contributed by atoms with Crippen molar-refractivity contribution in [1.29, 1.82) is 0 Å². The molecule has 2 saturated heterocycles. The maximum atomic E-state index is 12.0. The number of rotatable bonds is 5. The van der Waals surface area contributed by atoms with Crippen LogP contribution < -0.4 is 15.8 Å². The molecule has 0 spiro atoms. The van der Waals surface area contributed by atoms with E-state index in [1.165, 1.54) is 19.4 Å². The molecule has 2 atom stereocenters. The van der Waals surface area contributed by atoms with Crippen LogP contribution in [0.15, 0.2) is 24.3 Å². The van der Waals surface area contributed by atoms with E-state index in [2.05, 4.69) is 10.2 Å². The van der Waals surface area contributed by atoms with Gasteiger partial charge in [-0.1, -0.05) is 0 Å². The fourth-order valence-electron chi connectivity index (χ4n) is 3.36. The van der Waals surface area contributed by atoms with Gasteiger partial charge in [-0.2, -0.15) is 0 Å². The highest BCUT2D eigenvalue weighted by atomic mass is 16.5. The number of hydrogen-bond acceptors (Lipinski definition) is 4. The van der Waals surface area contributed by atoms with Gasteiger partial charge >= 0.3 is 0 Å². The summed E-state index contributed by atoms with van der Waals surface area (Å²) in [5.41, 5.74) is 6.32. The lowest BCUT2D eigenvalue weighted by atomic mass is 10.1. The number of ether oxygens (including phenoxy) is 1. The van der Waals surface area contributed by atoms with Gasteiger partial charge < -0.3 is 15.8 Å². The van der Waals surface area contributed by atoms with Gasteiger partial charge in [0.2, 0.25) is 5.91 Å². The first-order valence-electron chi connectivity index (χ1n) is 7.74. The van der Waals surface area contributed by atoms with Crippen LogP contribution in [0.4, 0.5) is 5.69 Å². The van der Waals surface area contributed by atoms with E-state index in [9.17, 15) is 4.79 Å². The third-order valence-corrected chi connectivity index (χ3v) is 4.43. The first kappa shape index (κ1) is 14.2. The third-order valence-electron chi connectivity index (χ3n) is 4.43. The standard InChI is InChI=1S/C16H23N3O2/c17-12-3-5-13(6-4-12)21-11-8-16(20)18-14-7-10-19-9-1-2-15(14)19/h3-6,14-15H,1-2,7-11,17H2,(H,18,20). The molecule has 5 heteroatoms. The number of carbonyl (C=O) groups is 1. The summed E-state index contributed by atoms with van der Waals surface area (Å²) in [7, 11) is 0. The van der Waals surface area contributed by atoms with E-state index < -0.39 is 0 Å². The van der Waals surface area contributed by atoms with E-state index >= 15 is 0 Å². The Morgan fingerprint density at radius 1 is 1.29 bits per heavy atom. The van der Waals surface area contributed by atoms with E-state index in [0.717, 1.165) is 18.7 Å². The largest absolute Gasteiger partial charge is 0.493 e. The Morgan fingerprint density at radius 3 is 2.90 bits per heavy atom. The monoisotopic (exact) mass is 289 g/mol. The van der Waals surface area contributed by atoms with Crippen LogP contribution >= 0.6 is 0 Å². The van der Waals surface area contributed by atoms with E-state index in [1.807, 2.05) is 12.1 Å². The average molecular weight is 289 g/mol. The van der Waals surface area contributed by atoms with Crippen molar-refractivity contribution in [2.24, 2.45) is 0 Å². The predicted molar refractivity (Wildman–Crippen MR) is 82.1 cm³/mol. The van der Waals surface area contributed by atoms with Crippen molar-refractivity contribution in [3.63, 3.8) is 0 Å². The van der Waals surface area contributed by atoms with Crippen molar-refractivity contribution in [2.75, 3.05) is 25.4 Å². The summed E-state index contributed by atoms with van der Waals surface area (Å²) < 4.78 is 5.56. The number of benzene rings is 1. The zero-order valence-electron chi connectivity index (χ0n) is 12.3. The van der Waals surface area contributed by atoms with Gasteiger partial charge in [0.05, 0.1) is 13.0 Å². The van der Waals surface area contributed by atoms with E-state index in [1.54, 1.807) is 12.1 Å². The Hall–Kier alpha value is -1.75. The summed E-state index contributed by atoms with van der Waals surface area (Å²) in [6.45, 7) is 2.71. The molecule has 1 amide bonds. The zero-order chi connectivity index (χ0) is 14.7. The number of hydrogen-bond donors (Lipinski definition) is 2. The number of nitrogen functional groups attached to an aromatic ring is 1. The van der Waals surface area contributed by atoms with Crippen LogP contribution in [0.2, 0.25) is 0 Å². The lowest BCUT2D eigenvalue weighted by Gasteiger charge is -2.21. The lowest BCUT2D eigenvalue weighted by molar-refractivity contribution is -0.122. The second-order valence-electron chi connectivity index (χ2n) is 5.88. The maximum Gasteiger partial charge on any atom is 0.223 e. The molecule has 21 heavy (non-hydrogen) atoms. The predicted octanol–water partition coefficient (Wildman–Crippen LogP) is 1.39. The Labute approximate surface area is 125 Å². The van der Waals surface area contributed by atoms with Crippen molar-refractivity contribution < 1.29 is 9.53 Å². The maximum absolute atomic E-state index is 12.0. The van der Waals surface area contributed by atoms with E-state index in [0.29, 0.717) is 30.8 Å². The molecule has 2 aliphatic heterocycles. The summed E-state index contributed by atoms with van der Waals surface area (Å²) in [6, 6.07) is 8.12. The number of amides is 1. The fourth-order valence-corrected chi connectivity index (χ4v) is 3.36. The van der Waals surface area contributed by atoms with Crippen LogP contribution in [0.25, 0.3) is 0 Å². The molecular weight excluding hydrogens is 266 g/mol. The lowest BCUT2D eigenvalue weighted by Crippen LogP contribution is -2.42. The molecule has 0 aromatic heterocycles. The highest BCUT2D eigenvalue weighted by Crippen LogP contribution is 2.27. The van der Waals surface area contributed by atoms with Crippen molar-refractivity contribution in [3.8, 4) is 5.75 Å². The molecule has 2 unspecified atom stereocenters. The summed E-state index contributed by atoms with van der Waals surface area (Å²) in [5.74, 6) is 0.837. The molecule has 1 aromatic carbocycles. The number of carbonyl (C=O) groups excluding carboxylic acids is 1. The summed E-state index contributed by atoms with van der Waals surface area (Å²) in [6.07, 6.45) is 3.95. The Kier molecular flexibility index (Phi) is 4.29. The van der Waals surface area contributed by atoms with Crippen LogP contribution in [0.3, 0.4) is 0 Å². The molecule has 0 bridgehead atoms. The molecular formula is C16H23N3O2. The molecule has 5 nitrogen and oxygen atoms in total. The van der Waals surface area contributed by atoms with Crippen LogP contribution in [0.5, 0.6) is 5.75 Å². The topological polar surface area (TPSA) is 67.6 Å². The minimum atomic E-state index is 0.0872. The quantitative estimate of drug-likeness (QED) is 0.804. The summed E-state index contributed by atoms with van der Waals surface area (Å²) in [5, 5.41) is 3.17. The number of nitrogens with one attached hydrogen (secondary N) is 1. The molecule has 2 heterocycles. The number of anilines is 1. The number of nitrogens with zero attached hydrogens (tertiary/aromatic N) is 1. The van der Waals surface area contributed by atoms with Gasteiger partial charge in [0.25, 0.3) is 0 Å². The third kappa shape index (κ3) is 3.47. The van der Waals surface area contributed by atoms with Crippen LogP contribution in [0.1, 0.15) is 25.7 Å². The SMILES string of the molecule is Nc1ccc(OCCC(=O)NC2CCN3CCCC23)cc1. The van der Waals surface area contributed by atoms with Gasteiger partial charge in [-0.05, 0) is 50.1 Å². The van der Waals surface area contributed by atoms with E-state index in [4.69, 9.17) is 10.5 Å². The van der Waals surface area contributed by atoms with E-state index in [-0.39, 0.29) is 5.91 Å². The van der Waals surface area contributed by atoms with Crippen LogP contribution in [-0.2, 0) is 4.79 Å². The Balaban J connectivity index is 1.39. The minimum absolute atomic E-state index is 0.0872. The van der Waals surface area contributed by atoms with Gasteiger partial charge in [0.15, 0.2) is 0 Å². The molecule has 1 aromatic rings. The first-order valence-corrected chi connectivity index (χ1v) is 7.74. The molecule has 3 rings (SSSR count). The molecule has 2 aliphatic rings. The van der Waals surface area contributed by atoms with Gasteiger partial charge in [-0.15, -0.1) is 0 Å². The number of nitrogens with two attached hydrogens (primary N) is 1. The van der Waals surface area contributed by atoms with Crippen LogP contribution in [-0.4, -0.2) is 42.6 Å². The summed E-state index contributed by atoms with van der Waals surface area (Å²) >= 11 is 0. The normalized spacial score (nSPS) is 24.8. The second kappa shape index (κ2) is 6.35.